The SMILES string of the molecule is NCCc1cc(Cl)c2cccnc2c1N1CC[C@H](F)C1. The van der Waals surface area contributed by atoms with E-state index in [-0.39, 0.29) is 0 Å². The lowest BCUT2D eigenvalue weighted by atomic mass is 10.0. The van der Waals surface area contributed by atoms with Gasteiger partial charge in [-0.05, 0) is 43.1 Å². The Morgan fingerprint density at radius 2 is 2.35 bits per heavy atom. The van der Waals surface area contributed by atoms with Crippen molar-refractivity contribution in [3.63, 3.8) is 0 Å². The van der Waals surface area contributed by atoms with Crippen molar-refractivity contribution >= 4 is 28.2 Å². The highest BCUT2D eigenvalue weighted by Gasteiger charge is 2.26. The molecule has 1 aromatic heterocycles. The van der Waals surface area contributed by atoms with E-state index in [2.05, 4.69) is 9.88 Å². The van der Waals surface area contributed by atoms with Crippen LogP contribution in [0.5, 0.6) is 0 Å². The minimum absolute atomic E-state index is 0.422. The molecule has 0 amide bonds. The molecule has 0 aliphatic carbocycles. The highest BCUT2D eigenvalue weighted by molar-refractivity contribution is 6.36. The first-order chi connectivity index (χ1) is 9.70. The number of hydrogen-bond donors (Lipinski definition) is 1. The maximum absolute atomic E-state index is 13.5. The lowest BCUT2D eigenvalue weighted by Gasteiger charge is -2.23. The lowest BCUT2D eigenvalue weighted by Crippen LogP contribution is -2.22. The number of alkyl halides is 1. The molecule has 0 saturated carbocycles. The quantitative estimate of drug-likeness (QED) is 0.946. The van der Waals surface area contributed by atoms with Gasteiger partial charge in [-0.3, -0.25) is 4.98 Å². The van der Waals surface area contributed by atoms with E-state index in [1.165, 1.54) is 0 Å². The number of nitrogens with two attached hydrogens (primary N) is 1. The number of benzene rings is 1. The van der Waals surface area contributed by atoms with Gasteiger partial charge < -0.3 is 10.6 Å². The van der Waals surface area contributed by atoms with Crippen LogP contribution in [-0.2, 0) is 6.42 Å². The molecule has 1 aromatic carbocycles. The Kier molecular flexibility index (Phi) is 3.76. The molecule has 2 aromatic rings. The van der Waals surface area contributed by atoms with Gasteiger partial charge in [-0.15, -0.1) is 0 Å². The van der Waals surface area contributed by atoms with Gasteiger partial charge in [0.15, 0.2) is 0 Å². The molecule has 1 atom stereocenters. The molecule has 0 radical (unpaired) electrons. The van der Waals surface area contributed by atoms with E-state index in [4.69, 9.17) is 17.3 Å². The van der Waals surface area contributed by atoms with Gasteiger partial charge in [-0.1, -0.05) is 11.6 Å². The number of rotatable bonds is 3. The third-order valence-electron chi connectivity index (χ3n) is 3.76. The maximum atomic E-state index is 13.5. The second-order valence-corrected chi connectivity index (χ2v) is 5.54. The molecule has 5 heteroatoms. The Hall–Kier alpha value is -1.39. The van der Waals surface area contributed by atoms with Gasteiger partial charge in [0.2, 0.25) is 0 Å². The summed E-state index contributed by atoms with van der Waals surface area (Å²) in [4.78, 5) is 6.54. The molecule has 1 aliphatic heterocycles. The molecule has 0 spiro atoms. The molecule has 3 nitrogen and oxygen atoms in total. The highest BCUT2D eigenvalue weighted by atomic mass is 35.5. The minimum atomic E-state index is -0.768. The van der Waals surface area contributed by atoms with E-state index in [9.17, 15) is 4.39 Å². The van der Waals surface area contributed by atoms with Gasteiger partial charge >= 0.3 is 0 Å². The van der Waals surface area contributed by atoms with Crippen molar-refractivity contribution in [3.05, 3.63) is 35.0 Å². The fourth-order valence-corrected chi connectivity index (χ4v) is 3.14. The first kappa shape index (κ1) is 13.6. The van der Waals surface area contributed by atoms with Crippen molar-refractivity contribution in [2.45, 2.75) is 19.0 Å². The monoisotopic (exact) mass is 293 g/mol. The van der Waals surface area contributed by atoms with Crippen LogP contribution in [0.15, 0.2) is 24.4 Å². The summed E-state index contributed by atoms with van der Waals surface area (Å²) in [7, 11) is 0. The molecular formula is C15H17ClFN3. The molecule has 3 rings (SSSR count). The van der Waals surface area contributed by atoms with Crippen LogP contribution in [-0.4, -0.2) is 30.8 Å². The third-order valence-corrected chi connectivity index (χ3v) is 4.07. The number of nitrogens with zero attached hydrogens (tertiary/aromatic N) is 2. The Balaban J connectivity index is 2.20. The molecule has 1 saturated heterocycles. The molecule has 1 fully saturated rings. The van der Waals surface area contributed by atoms with E-state index in [1.807, 2.05) is 18.2 Å². The molecule has 0 unspecified atom stereocenters. The molecule has 1 aliphatic rings. The van der Waals surface area contributed by atoms with Crippen LogP contribution < -0.4 is 10.6 Å². The maximum Gasteiger partial charge on any atom is 0.119 e. The Morgan fingerprint density at radius 1 is 1.50 bits per heavy atom. The average molecular weight is 294 g/mol. The normalized spacial score (nSPS) is 18.9. The first-order valence-corrected chi connectivity index (χ1v) is 7.23. The van der Waals surface area contributed by atoms with Gasteiger partial charge in [-0.25, -0.2) is 4.39 Å². The minimum Gasteiger partial charge on any atom is -0.367 e. The third kappa shape index (κ3) is 2.34. The van der Waals surface area contributed by atoms with E-state index >= 15 is 0 Å². The number of aromatic nitrogens is 1. The van der Waals surface area contributed by atoms with Gasteiger partial charge in [0, 0.05) is 24.7 Å². The van der Waals surface area contributed by atoms with Crippen molar-refractivity contribution in [1.29, 1.82) is 0 Å². The largest absolute Gasteiger partial charge is 0.367 e. The molecule has 2 N–H and O–H groups in total. The van der Waals surface area contributed by atoms with Crippen LogP contribution in [0.4, 0.5) is 10.1 Å². The Morgan fingerprint density at radius 3 is 3.05 bits per heavy atom. The highest BCUT2D eigenvalue weighted by Crippen LogP contribution is 2.36. The zero-order valence-corrected chi connectivity index (χ0v) is 11.9. The van der Waals surface area contributed by atoms with Gasteiger partial charge in [0.1, 0.15) is 6.17 Å². The van der Waals surface area contributed by atoms with E-state index < -0.39 is 6.17 Å². The molecule has 2 heterocycles. The average Bonchev–Trinajstić information content (AvgIpc) is 2.86. The van der Waals surface area contributed by atoms with E-state index in [1.54, 1.807) is 6.20 Å². The van der Waals surface area contributed by atoms with E-state index in [0.29, 0.717) is 31.1 Å². The molecule has 0 bridgehead atoms. The van der Waals surface area contributed by atoms with Crippen molar-refractivity contribution in [3.8, 4) is 0 Å². The van der Waals surface area contributed by atoms with E-state index in [0.717, 1.165) is 28.6 Å². The number of pyridine rings is 1. The number of halogens is 2. The smallest absolute Gasteiger partial charge is 0.119 e. The van der Waals surface area contributed by atoms with Gasteiger partial charge in [-0.2, -0.15) is 0 Å². The summed E-state index contributed by atoms with van der Waals surface area (Å²) < 4.78 is 13.5. The van der Waals surface area contributed by atoms with Gasteiger partial charge in [0.25, 0.3) is 0 Å². The van der Waals surface area contributed by atoms with Crippen LogP contribution in [0.3, 0.4) is 0 Å². The van der Waals surface area contributed by atoms with Crippen LogP contribution in [0.1, 0.15) is 12.0 Å². The predicted molar refractivity (Wildman–Crippen MR) is 81.2 cm³/mol. The zero-order chi connectivity index (χ0) is 14.1. The summed E-state index contributed by atoms with van der Waals surface area (Å²) in [6, 6.07) is 5.76. The topological polar surface area (TPSA) is 42.1 Å². The summed E-state index contributed by atoms with van der Waals surface area (Å²) in [6.07, 6.45) is 2.26. The zero-order valence-electron chi connectivity index (χ0n) is 11.1. The van der Waals surface area contributed by atoms with Crippen molar-refractivity contribution in [2.24, 2.45) is 5.73 Å². The van der Waals surface area contributed by atoms with Crippen molar-refractivity contribution in [2.75, 3.05) is 24.5 Å². The van der Waals surface area contributed by atoms with Gasteiger partial charge in [0.05, 0.1) is 16.2 Å². The summed E-state index contributed by atoms with van der Waals surface area (Å²) in [5.41, 5.74) is 8.59. The number of fused-ring (bicyclic) bond motifs is 1. The fraction of sp³-hybridized carbons (Fsp3) is 0.400. The van der Waals surface area contributed by atoms with Crippen LogP contribution in [0, 0.1) is 0 Å². The van der Waals surface area contributed by atoms with Crippen molar-refractivity contribution < 1.29 is 4.39 Å². The summed E-state index contributed by atoms with van der Waals surface area (Å²) in [6.45, 7) is 1.67. The standard InChI is InChI=1S/C15H17ClFN3/c16-13-8-10(3-5-18)15(20-7-4-11(17)9-20)14-12(13)2-1-6-19-14/h1-2,6,8,11H,3-5,7,9,18H2/t11-/m0/s1. The second-order valence-electron chi connectivity index (χ2n) is 5.14. The Labute approximate surface area is 122 Å². The fourth-order valence-electron chi connectivity index (χ4n) is 2.86. The second kappa shape index (κ2) is 5.54. The lowest BCUT2D eigenvalue weighted by molar-refractivity contribution is 0.364. The Bertz CT molecular complexity index is 632. The number of hydrogen-bond acceptors (Lipinski definition) is 3. The van der Waals surface area contributed by atoms with Crippen molar-refractivity contribution in [1.82, 2.24) is 4.98 Å². The summed E-state index contributed by atoms with van der Waals surface area (Å²) in [5, 5.41) is 1.59. The summed E-state index contributed by atoms with van der Waals surface area (Å²) in [5.74, 6) is 0. The molecule has 20 heavy (non-hydrogen) atoms. The van der Waals surface area contributed by atoms with Crippen LogP contribution in [0.25, 0.3) is 10.9 Å². The number of anilines is 1. The summed E-state index contributed by atoms with van der Waals surface area (Å²) >= 11 is 6.33. The first-order valence-electron chi connectivity index (χ1n) is 6.86. The molecule has 106 valence electrons. The van der Waals surface area contributed by atoms with Crippen LogP contribution >= 0.6 is 11.6 Å². The molecular weight excluding hydrogens is 277 g/mol. The predicted octanol–water partition coefficient (Wildman–Crippen LogP) is 2.94. The van der Waals surface area contributed by atoms with Crippen LogP contribution in [0.2, 0.25) is 5.02 Å².